The highest BCUT2D eigenvalue weighted by molar-refractivity contribution is 5.76. The van der Waals surface area contributed by atoms with Crippen LogP contribution in [0.5, 0.6) is 0 Å². The SMILES string of the molecule is CCC/C=C\C/C=C\CCCCCCCC(=O)OCCCCCCCCCCCCCCCCCCCCCCCCCCCCCCCCCCCCCC(=O)NC(CO)C(O)CCCCCCCCCCCCCC. The Bertz CT molecular complexity index is 1200. The fraction of sp³-hybridized carbons (Fsp3) is 0.915. The number of aliphatic hydroxyl groups excluding tert-OH is 2. The highest BCUT2D eigenvalue weighted by Crippen LogP contribution is 2.19. The number of amides is 1. The maximum Gasteiger partial charge on any atom is 0.305 e. The monoisotopic (exact) mass is 1080 g/mol. The number of esters is 1. The molecular weight excluding hydrogens is 947 g/mol. The average Bonchev–Trinajstić information content (AvgIpc) is 3.43. The number of rotatable bonds is 66. The molecule has 0 saturated heterocycles. The molecule has 2 atom stereocenters. The smallest absolute Gasteiger partial charge is 0.305 e. The first-order chi connectivity index (χ1) is 38.0. The van der Waals surface area contributed by atoms with Gasteiger partial charge in [0, 0.05) is 12.8 Å². The molecule has 6 nitrogen and oxygen atoms in total. The van der Waals surface area contributed by atoms with Gasteiger partial charge in [-0.25, -0.2) is 0 Å². The molecule has 0 aliphatic rings. The van der Waals surface area contributed by atoms with E-state index in [0.29, 0.717) is 25.9 Å². The van der Waals surface area contributed by atoms with E-state index < -0.39 is 12.1 Å². The number of carbonyl (C=O) groups excluding carboxylic acids is 2. The van der Waals surface area contributed by atoms with Crippen LogP contribution in [0.2, 0.25) is 0 Å². The van der Waals surface area contributed by atoms with Crippen molar-refractivity contribution in [2.45, 2.75) is 405 Å². The third kappa shape index (κ3) is 63.4. The molecule has 0 saturated carbocycles. The summed E-state index contributed by atoms with van der Waals surface area (Å²) in [6, 6.07) is -0.536. The number of hydrogen-bond donors (Lipinski definition) is 3. The minimum Gasteiger partial charge on any atom is -0.466 e. The Morgan fingerprint density at radius 3 is 1.04 bits per heavy atom. The number of allylic oxidation sites excluding steroid dienone is 4. The molecule has 0 aromatic carbocycles. The van der Waals surface area contributed by atoms with Crippen molar-refractivity contribution >= 4 is 11.9 Å². The van der Waals surface area contributed by atoms with Crippen molar-refractivity contribution in [2.24, 2.45) is 0 Å². The van der Waals surface area contributed by atoms with Gasteiger partial charge in [0.1, 0.15) is 0 Å². The molecule has 2 unspecified atom stereocenters. The molecule has 1 amide bonds. The number of hydrogen-bond acceptors (Lipinski definition) is 5. The molecule has 0 aromatic heterocycles. The molecule has 0 aromatic rings. The highest BCUT2D eigenvalue weighted by Gasteiger charge is 2.20. The van der Waals surface area contributed by atoms with E-state index in [1.807, 2.05) is 0 Å². The van der Waals surface area contributed by atoms with Crippen LogP contribution in [0.4, 0.5) is 0 Å². The minimum absolute atomic E-state index is 0.00753. The van der Waals surface area contributed by atoms with Gasteiger partial charge in [0.25, 0.3) is 0 Å². The van der Waals surface area contributed by atoms with E-state index in [-0.39, 0.29) is 18.5 Å². The molecule has 0 rings (SSSR count). The van der Waals surface area contributed by atoms with E-state index in [1.165, 1.54) is 308 Å². The van der Waals surface area contributed by atoms with Crippen LogP contribution < -0.4 is 5.32 Å². The van der Waals surface area contributed by atoms with Crippen LogP contribution in [0.3, 0.4) is 0 Å². The normalized spacial score (nSPS) is 12.6. The van der Waals surface area contributed by atoms with Gasteiger partial charge in [0.2, 0.25) is 5.91 Å². The van der Waals surface area contributed by atoms with Gasteiger partial charge in [-0.3, -0.25) is 9.59 Å². The molecule has 456 valence electrons. The zero-order chi connectivity index (χ0) is 55.7. The highest BCUT2D eigenvalue weighted by atomic mass is 16.5. The summed E-state index contributed by atoms with van der Waals surface area (Å²) < 4.78 is 5.48. The summed E-state index contributed by atoms with van der Waals surface area (Å²) in [5.74, 6) is -0.0206. The third-order valence-electron chi connectivity index (χ3n) is 16.5. The predicted octanol–water partition coefficient (Wildman–Crippen LogP) is 22.5. The van der Waals surface area contributed by atoms with Crippen LogP contribution in [0.25, 0.3) is 0 Å². The zero-order valence-electron chi connectivity index (χ0n) is 52.2. The number of nitrogens with one attached hydrogen (secondary N) is 1. The van der Waals surface area contributed by atoms with Crippen molar-refractivity contribution in [1.82, 2.24) is 5.32 Å². The maximum absolute atomic E-state index is 12.5. The first-order valence-electron chi connectivity index (χ1n) is 35.1. The fourth-order valence-corrected chi connectivity index (χ4v) is 11.2. The van der Waals surface area contributed by atoms with E-state index in [0.717, 1.165) is 51.4 Å². The third-order valence-corrected chi connectivity index (χ3v) is 16.5. The van der Waals surface area contributed by atoms with Crippen molar-refractivity contribution in [3.63, 3.8) is 0 Å². The molecule has 0 fully saturated rings. The van der Waals surface area contributed by atoms with E-state index in [9.17, 15) is 19.8 Å². The van der Waals surface area contributed by atoms with Gasteiger partial charge in [-0.15, -0.1) is 0 Å². The second kappa shape index (κ2) is 66.8. The zero-order valence-corrected chi connectivity index (χ0v) is 52.2. The van der Waals surface area contributed by atoms with Gasteiger partial charge in [-0.2, -0.15) is 0 Å². The largest absolute Gasteiger partial charge is 0.466 e. The molecule has 0 spiro atoms. The Hall–Kier alpha value is -1.66. The average molecular weight is 1080 g/mol. The second-order valence-corrected chi connectivity index (χ2v) is 24.2. The van der Waals surface area contributed by atoms with Crippen LogP contribution in [0.1, 0.15) is 393 Å². The quantitative estimate of drug-likeness (QED) is 0.0320. The lowest BCUT2D eigenvalue weighted by Crippen LogP contribution is -2.45. The van der Waals surface area contributed by atoms with Gasteiger partial charge in [-0.1, -0.05) is 353 Å². The molecule has 6 heteroatoms. The van der Waals surface area contributed by atoms with Crippen LogP contribution in [0.15, 0.2) is 24.3 Å². The van der Waals surface area contributed by atoms with Crippen LogP contribution in [0, 0.1) is 0 Å². The number of ether oxygens (including phenoxy) is 1. The lowest BCUT2D eigenvalue weighted by atomic mass is 10.0. The van der Waals surface area contributed by atoms with E-state index >= 15 is 0 Å². The summed E-state index contributed by atoms with van der Waals surface area (Å²) in [5, 5.41) is 23.3. The summed E-state index contributed by atoms with van der Waals surface area (Å²) in [6.07, 6.45) is 83.9. The molecule has 3 N–H and O–H groups in total. The summed E-state index contributed by atoms with van der Waals surface area (Å²) in [7, 11) is 0. The Morgan fingerprint density at radius 1 is 0.364 bits per heavy atom. The first-order valence-corrected chi connectivity index (χ1v) is 35.1. The predicted molar refractivity (Wildman–Crippen MR) is 338 cm³/mol. The molecule has 0 aliphatic heterocycles. The molecule has 0 heterocycles. The first kappa shape index (κ1) is 75.3. The summed E-state index contributed by atoms with van der Waals surface area (Å²) in [4.78, 5) is 24.5. The number of unbranched alkanes of at least 4 members (excludes halogenated alkanes) is 51. The second-order valence-electron chi connectivity index (χ2n) is 24.2. The van der Waals surface area contributed by atoms with E-state index in [2.05, 4.69) is 43.5 Å². The van der Waals surface area contributed by atoms with E-state index in [4.69, 9.17) is 4.74 Å². The summed E-state index contributed by atoms with van der Waals surface area (Å²) >= 11 is 0. The number of aliphatic hydroxyl groups is 2. The molecule has 0 aliphatic carbocycles. The molecule has 0 bridgehead atoms. The Labute approximate surface area is 481 Å². The van der Waals surface area contributed by atoms with Crippen molar-refractivity contribution in [2.75, 3.05) is 13.2 Å². The van der Waals surface area contributed by atoms with Crippen molar-refractivity contribution in [1.29, 1.82) is 0 Å². The van der Waals surface area contributed by atoms with Gasteiger partial charge < -0.3 is 20.3 Å². The molecule has 77 heavy (non-hydrogen) atoms. The van der Waals surface area contributed by atoms with Crippen LogP contribution >= 0.6 is 0 Å². The van der Waals surface area contributed by atoms with Gasteiger partial charge in [0.05, 0.1) is 25.4 Å². The number of carbonyl (C=O) groups is 2. The molecular formula is C71H137NO5. The van der Waals surface area contributed by atoms with Crippen LogP contribution in [-0.4, -0.2) is 47.4 Å². The van der Waals surface area contributed by atoms with Crippen molar-refractivity contribution in [3.05, 3.63) is 24.3 Å². The van der Waals surface area contributed by atoms with Crippen molar-refractivity contribution < 1.29 is 24.5 Å². The van der Waals surface area contributed by atoms with Crippen molar-refractivity contribution in [3.8, 4) is 0 Å². The summed E-state index contributed by atoms with van der Waals surface area (Å²) in [6.45, 7) is 4.91. The maximum atomic E-state index is 12.5. The summed E-state index contributed by atoms with van der Waals surface area (Å²) in [5.41, 5.74) is 0. The van der Waals surface area contributed by atoms with Gasteiger partial charge in [0.15, 0.2) is 0 Å². The Morgan fingerprint density at radius 2 is 0.675 bits per heavy atom. The Balaban J connectivity index is 3.29. The lowest BCUT2D eigenvalue weighted by molar-refractivity contribution is -0.143. The molecule has 0 radical (unpaired) electrons. The van der Waals surface area contributed by atoms with E-state index in [1.54, 1.807) is 0 Å². The van der Waals surface area contributed by atoms with Gasteiger partial charge >= 0.3 is 5.97 Å². The Kier molecular flexibility index (Phi) is 65.4. The lowest BCUT2D eigenvalue weighted by Gasteiger charge is -2.22. The standard InChI is InChI=1S/C71H137NO5/c1-3-5-7-9-11-13-15-40-45-49-53-57-61-65-71(76)77-66-62-58-54-50-46-42-39-37-35-33-31-29-27-25-23-21-19-17-18-20-22-24-26-28-30-32-34-36-38-41-44-48-52-56-60-64-70(75)72-68(67-73)69(74)63-59-55-51-47-43-16-14-12-10-8-6-4-2/h7,9,13,15,68-69,73-74H,3-6,8,10-12,14,16-67H2,1-2H3,(H,72,75)/b9-7-,15-13-. The minimum atomic E-state index is -0.659. The van der Waals surface area contributed by atoms with Gasteiger partial charge in [-0.05, 0) is 51.4 Å². The fourth-order valence-electron chi connectivity index (χ4n) is 11.2. The topological polar surface area (TPSA) is 95.9 Å². The van der Waals surface area contributed by atoms with Crippen LogP contribution in [-0.2, 0) is 14.3 Å².